The first-order valence-electron chi connectivity index (χ1n) is 7.66. The summed E-state index contributed by atoms with van der Waals surface area (Å²) in [6, 6.07) is 21.4. The van der Waals surface area contributed by atoms with Crippen molar-refractivity contribution in [3.05, 3.63) is 76.1 Å². The number of hydrogen-bond donors (Lipinski definition) is 1. The maximum atomic E-state index is 12.3. The number of amides is 1. The van der Waals surface area contributed by atoms with E-state index < -0.39 is 5.25 Å². The Morgan fingerprint density at radius 3 is 2.52 bits per heavy atom. The van der Waals surface area contributed by atoms with Gasteiger partial charge in [0, 0.05) is 9.13 Å². The van der Waals surface area contributed by atoms with E-state index in [1.165, 1.54) is 15.3 Å². The minimum Gasteiger partial charge on any atom is -0.459 e. The summed E-state index contributed by atoms with van der Waals surface area (Å²) < 4.78 is 7.09. The van der Waals surface area contributed by atoms with Crippen LogP contribution < -0.4 is 5.32 Å². The van der Waals surface area contributed by atoms with Gasteiger partial charge in [-0.15, -0.1) is 0 Å². The van der Waals surface area contributed by atoms with Gasteiger partial charge in [0.15, 0.2) is 5.17 Å². The molecule has 1 saturated heterocycles. The monoisotopic (exact) mass is 460 g/mol. The van der Waals surface area contributed by atoms with Crippen molar-refractivity contribution in [2.75, 3.05) is 0 Å². The Morgan fingerprint density at radius 2 is 1.76 bits per heavy atom. The molecule has 1 fully saturated rings. The lowest BCUT2D eigenvalue weighted by Crippen LogP contribution is -2.21. The molecule has 0 radical (unpaired) electrons. The predicted molar refractivity (Wildman–Crippen MR) is 109 cm³/mol. The molecule has 1 N–H and O–H groups in total. The largest absolute Gasteiger partial charge is 0.459 e. The highest BCUT2D eigenvalue weighted by Gasteiger charge is 2.34. The van der Waals surface area contributed by atoms with E-state index in [9.17, 15) is 4.79 Å². The van der Waals surface area contributed by atoms with E-state index >= 15 is 0 Å². The average Bonchev–Trinajstić information content (AvgIpc) is 3.23. The second-order valence-corrected chi connectivity index (χ2v) is 7.79. The highest BCUT2D eigenvalue weighted by atomic mass is 127. The van der Waals surface area contributed by atoms with Crippen molar-refractivity contribution >= 4 is 51.1 Å². The number of furan rings is 1. The first kappa shape index (κ1) is 16.4. The Hall–Kier alpha value is -2.06. The van der Waals surface area contributed by atoms with Gasteiger partial charge in [-0.1, -0.05) is 42.1 Å². The van der Waals surface area contributed by atoms with E-state index in [0.29, 0.717) is 10.9 Å². The summed E-state index contributed by atoms with van der Waals surface area (Å²) >= 11 is 3.64. The molecule has 0 aliphatic carbocycles. The molecule has 1 unspecified atom stereocenters. The number of halogens is 1. The first-order chi connectivity index (χ1) is 12.2. The standard InChI is InChI=1S/C19H13IN2O2S/c20-13-8-6-12(7-9-13)15-10-11-16(24-15)17-18(23)22-19(25-17)21-14-4-2-1-3-5-14/h1-11,17H,(H,21,22,23). The normalized spacial score (nSPS) is 18.5. The third-order valence-corrected chi connectivity index (χ3v) is 5.52. The molecule has 1 aliphatic rings. The lowest BCUT2D eigenvalue weighted by atomic mass is 10.2. The van der Waals surface area contributed by atoms with Crippen molar-refractivity contribution in [1.82, 2.24) is 5.32 Å². The lowest BCUT2D eigenvalue weighted by molar-refractivity contribution is -0.119. The molecule has 6 heteroatoms. The van der Waals surface area contributed by atoms with Crippen LogP contribution in [-0.4, -0.2) is 11.1 Å². The summed E-state index contributed by atoms with van der Waals surface area (Å²) in [5.74, 6) is 1.28. The fraction of sp³-hybridized carbons (Fsp3) is 0.0526. The van der Waals surface area contributed by atoms with E-state index in [1.54, 1.807) is 0 Å². The van der Waals surface area contributed by atoms with Gasteiger partial charge in [-0.05, 0) is 59.0 Å². The van der Waals surface area contributed by atoms with Crippen LogP contribution in [0, 0.1) is 3.57 Å². The fourth-order valence-electron chi connectivity index (χ4n) is 2.49. The van der Waals surface area contributed by atoms with Crippen LogP contribution in [-0.2, 0) is 4.79 Å². The van der Waals surface area contributed by atoms with Crippen LogP contribution in [0.25, 0.3) is 11.3 Å². The molecule has 0 saturated carbocycles. The third kappa shape index (κ3) is 3.64. The molecule has 1 aliphatic heterocycles. The summed E-state index contributed by atoms with van der Waals surface area (Å²) in [4.78, 5) is 16.8. The number of amidine groups is 1. The zero-order valence-corrected chi connectivity index (χ0v) is 16.0. The molecule has 2 heterocycles. The number of carbonyl (C=O) groups excluding carboxylic acids is 1. The average molecular weight is 460 g/mol. The van der Waals surface area contributed by atoms with E-state index in [1.807, 2.05) is 66.7 Å². The third-order valence-electron chi connectivity index (χ3n) is 3.70. The number of rotatable bonds is 3. The van der Waals surface area contributed by atoms with Gasteiger partial charge >= 0.3 is 0 Å². The molecule has 4 nitrogen and oxygen atoms in total. The maximum absolute atomic E-state index is 12.3. The van der Waals surface area contributed by atoms with Crippen LogP contribution in [0.5, 0.6) is 0 Å². The van der Waals surface area contributed by atoms with Crippen LogP contribution in [0.15, 0.2) is 76.1 Å². The van der Waals surface area contributed by atoms with Gasteiger partial charge < -0.3 is 9.73 Å². The molecule has 25 heavy (non-hydrogen) atoms. The van der Waals surface area contributed by atoms with Crippen LogP contribution in [0.4, 0.5) is 5.69 Å². The van der Waals surface area contributed by atoms with Gasteiger partial charge in [-0.3, -0.25) is 4.79 Å². The molecule has 0 spiro atoms. The van der Waals surface area contributed by atoms with Gasteiger partial charge in [-0.25, -0.2) is 4.99 Å². The molecule has 1 amide bonds. The molecular weight excluding hydrogens is 447 g/mol. The summed E-state index contributed by atoms with van der Waals surface area (Å²) in [7, 11) is 0. The number of benzene rings is 2. The Kier molecular flexibility index (Phi) is 4.63. The van der Waals surface area contributed by atoms with Gasteiger partial charge in [0.05, 0.1) is 5.69 Å². The zero-order valence-electron chi connectivity index (χ0n) is 13.0. The quantitative estimate of drug-likeness (QED) is 0.551. The SMILES string of the molecule is O=C1NC(=Nc2ccccc2)SC1c1ccc(-c2ccc(I)cc2)o1. The Bertz CT molecular complexity index is 936. The fourth-order valence-corrected chi connectivity index (χ4v) is 3.80. The molecule has 4 rings (SSSR count). The molecular formula is C19H13IN2O2S. The van der Waals surface area contributed by atoms with Crippen molar-refractivity contribution in [3.8, 4) is 11.3 Å². The number of nitrogens with zero attached hydrogens (tertiary/aromatic N) is 1. The Labute approximate surface area is 162 Å². The van der Waals surface area contributed by atoms with E-state index in [2.05, 4.69) is 32.9 Å². The summed E-state index contributed by atoms with van der Waals surface area (Å²) in [6.45, 7) is 0. The minimum absolute atomic E-state index is 0.108. The Balaban J connectivity index is 1.55. The zero-order chi connectivity index (χ0) is 17.2. The van der Waals surface area contributed by atoms with Gasteiger partial charge in [0.2, 0.25) is 5.91 Å². The minimum atomic E-state index is -0.417. The van der Waals surface area contributed by atoms with Gasteiger partial charge in [0.25, 0.3) is 0 Å². The maximum Gasteiger partial charge on any atom is 0.247 e. The second-order valence-electron chi connectivity index (χ2n) is 5.45. The van der Waals surface area contributed by atoms with E-state index in [4.69, 9.17) is 4.42 Å². The predicted octanol–water partition coefficient (Wildman–Crippen LogP) is 5.14. The van der Waals surface area contributed by atoms with Gasteiger partial charge in [-0.2, -0.15) is 0 Å². The van der Waals surface area contributed by atoms with Crippen molar-refractivity contribution in [2.24, 2.45) is 4.99 Å². The molecule has 124 valence electrons. The lowest BCUT2D eigenvalue weighted by Gasteiger charge is -2.01. The summed E-state index contributed by atoms with van der Waals surface area (Å²) in [5, 5.41) is 2.99. The summed E-state index contributed by atoms with van der Waals surface area (Å²) in [6.07, 6.45) is 0. The molecule has 1 aromatic heterocycles. The highest BCUT2D eigenvalue weighted by Crippen LogP contribution is 2.37. The number of nitrogens with one attached hydrogen (secondary N) is 1. The smallest absolute Gasteiger partial charge is 0.247 e. The topological polar surface area (TPSA) is 54.6 Å². The van der Waals surface area contributed by atoms with Crippen LogP contribution in [0.3, 0.4) is 0 Å². The van der Waals surface area contributed by atoms with Gasteiger partial charge in [0.1, 0.15) is 16.8 Å². The first-order valence-corrected chi connectivity index (χ1v) is 9.62. The van der Waals surface area contributed by atoms with Crippen molar-refractivity contribution in [2.45, 2.75) is 5.25 Å². The van der Waals surface area contributed by atoms with E-state index in [-0.39, 0.29) is 5.91 Å². The number of aliphatic imine (C=N–C) groups is 1. The molecule has 3 aromatic rings. The number of para-hydroxylation sites is 1. The van der Waals surface area contributed by atoms with Crippen molar-refractivity contribution in [1.29, 1.82) is 0 Å². The van der Waals surface area contributed by atoms with Crippen LogP contribution in [0.1, 0.15) is 11.0 Å². The van der Waals surface area contributed by atoms with Crippen molar-refractivity contribution < 1.29 is 9.21 Å². The van der Waals surface area contributed by atoms with Crippen LogP contribution >= 0.6 is 34.4 Å². The molecule has 0 bridgehead atoms. The highest BCUT2D eigenvalue weighted by molar-refractivity contribution is 14.1. The number of thioether (sulfide) groups is 1. The van der Waals surface area contributed by atoms with Crippen LogP contribution in [0.2, 0.25) is 0 Å². The second kappa shape index (κ2) is 7.05. The molecule has 2 aromatic carbocycles. The van der Waals surface area contributed by atoms with E-state index in [0.717, 1.165) is 17.0 Å². The number of carbonyl (C=O) groups is 1. The molecule has 1 atom stereocenters. The van der Waals surface area contributed by atoms with Crippen molar-refractivity contribution in [3.63, 3.8) is 0 Å². The summed E-state index contributed by atoms with van der Waals surface area (Å²) in [5.41, 5.74) is 1.80. The Morgan fingerprint density at radius 1 is 1.00 bits per heavy atom. The number of hydrogen-bond acceptors (Lipinski definition) is 4.